The third kappa shape index (κ3) is 1.58. The summed E-state index contributed by atoms with van der Waals surface area (Å²) in [5, 5.41) is 9.25. The van der Waals surface area contributed by atoms with E-state index in [1.54, 1.807) is 6.20 Å². The van der Waals surface area contributed by atoms with Crippen LogP contribution < -0.4 is 5.73 Å². The van der Waals surface area contributed by atoms with E-state index in [2.05, 4.69) is 20.9 Å². The van der Waals surface area contributed by atoms with E-state index < -0.39 is 0 Å². The van der Waals surface area contributed by atoms with Crippen molar-refractivity contribution in [3.63, 3.8) is 0 Å². The van der Waals surface area contributed by atoms with Gasteiger partial charge >= 0.3 is 0 Å². The second-order valence-electron chi connectivity index (χ2n) is 3.92. The second kappa shape index (κ2) is 3.61. The predicted molar refractivity (Wildman–Crippen MR) is 57.9 cm³/mol. The number of nitrogens with zero attached hydrogens (tertiary/aromatic N) is 1. The molecule has 76 valence electrons. The normalized spacial score (nSPS) is 30.4. The molecule has 1 heterocycles. The second-order valence-corrected chi connectivity index (χ2v) is 4.83. The van der Waals surface area contributed by atoms with Crippen molar-refractivity contribution in [3.05, 3.63) is 28.5 Å². The average molecular weight is 257 g/mol. The van der Waals surface area contributed by atoms with Gasteiger partial charge in [0.2, 0.25) is 0 Å². The van der Waals surface area contributed by atoms with E-state index in [0.29, 0.717) is 12.5 Å². The third-order valence-corrected chi connectivity index (χ3v) is 3.47. The number of pyridine rings is 1. The highest BCUT2D eigenvalue weighted by atomic mass is 79.9. The fourth-order valence-electron chi connectivity index (χ4n) is 1.90. The first-order valence-electron chi connectivity index (χ1n) is 4.63. The SMILES string of the molecule is NCC1(CO)CC1c1cncc(Br)c1. The van der Waals surface area contributed by atoms with Gasteiger partial charge in [0.1, 0.15) is 0 Å². The Morgan fingerprint density at radius 1 is 1.64 bits per heavy atom. The molecule has 1 aliphatic carbocycles. The first-order chi connectivity index (χ1) is 6.72. The lowest BCUT2D eigenvalue weighted by Crippen LogP contribution is -2.21. The van der Waals surface area contributed by atoms with E-state index >= 15 is 0 Å². The summed E-state index contributed by atoms with van der Waals surface area (Å²) in [6, 6.07) is 2.05. The average Bonchev–Trinajstić information content (AvgIpc) is 2.93. The molecule has 3 nitrogen and oxygen atoms in total. The molecule has 0 saturated heterocycles. The summed E-state index contributed by atoms with van der Waals surface area (Å²) < 4.78 is 0.978. The first-order valence-corrected chi connectivity index (χ1v) is 5.42. The number of halogens is 1. The largest absolute Gasteiger partial charge is 0.396 e. The lowest BCUT2D eigenvalue weighted by molar-refractivity contribution is 0.211. The van der Waals surface area contributed by atoms with Crippen LogP contribution in [0.4, 0.5) is 0 Å². The van der Waals surface area contributed by atoms with Gasteiger partial charge in [0, 0.05) is 28.8 Å². The molecule has 0 amide bonds. The molecule has 0 radical (unpaired) electrons. The molecule has 0 aliphatic heterocycles. The minimum absolute atomic E-state index is 0.0809. The van der Waals surface area contributed by atoms with Crippen LogP contribution in [-0.2, 0) is 0 Å². The molecule has 1 aromatic rings. The van der Waals surface area contributed by atoms with Crippen molar-refractivity contribution in [3.8, 4) is 0 Å². The van der Waals surface area contributed by atoms with Gasteiger partial charge in [-0.1, -0.05) is 0 Å². The predicted octanol–water partition coefficient (Wildman–Crippen LogP) is 1.27. The molecule has 14 heavy (non-hydrogen) atoms. The lowest BCUT2D eigenvalue weighted by atomic mass is 10.0. The molecular weight excluding hydrogens is 244 g/mol. The fourth-order valence-corrected chi connectivity index (χ4v) is 2.29. The standard InChI is InChI=1S/C10H13BrN2O/c11-8-1-7(3-13-4-8)9-2-10(9,5-12)6-14/h1,3-4,9,14H,2,5-6,12H2. The zero-order valence-electron chi connectivity index (χ0n) is 7.78. The van der Waals surface area contributed by atoms with E-state index in [9.17, 15) is 5.11 Å². The molecule has 1 fully saturated rings. The number of aliphatic hydroxyl groups is 1. The van der Waals surface area contributed by atoms with Crippen LogP contribution in [0.3, 0.4) is 0 Å². The highest BCUT2D eigenvalue weighted by Gasteiger charge is 2.53. The minimum Gasteiger partial charge on any atom is -0.396 e. The number of hydrogen-bond donors (Lipinski definition) is 2. The summed E-state index contributed by atoms with van der Waals surface area (Å²) in [4.78, 5) is 4.11. The van der Waals surface area contributed by atoms with Crippen molar-refractivity contribution in [2.75, 3.05) is 13.2 Å². The van der Waals surface area contributed by atoms with Gasteiger partial charge in [0.25, 0.3) is 0 Å². The molecule has 1 aromatic heterocycles. The van der Waals surface area contributed by atoms with Gasteiger partial charge in [-0.2, -0.15) is 0 Å². The lowest BCUT2D eigenvalue weighted by Gasteiger charge is -2.10. The van der Waals surface area contributed by atoms with E-state index in [-0.39, 0.29) is 12.0 Å². The Bertz CT molecular complexity index is 339. The maximum Gasteiger partial charge on any atom is 0.0505 e. The van der Waals surface area contributed by atoms with Gasteiger partial charge in [-0.05, 0) is 39.9 Å². The summed E-state index contributed by atoms with van der Waals surface area (Å²) >= 11 is 3.38. The number of hydrogen-bond acceptors (Lipinski definition) is 3. The maximum absolute atomic E-state index is 9.25. The van der Waals surface area contributed by atoms with E-state index in [1.807, 2.05) is 12.3 Å². The van der Waals surface area contributed by atoms with Crippen LogP contribution in [0.25, 0.3) is 0 Å². The fraction of sp³-hybridized carbons (Fsp3) is 0.500. The smallest absolute Gasteiger partial charge is 0.0505 e. The van der Waals surface area contributed by atoms with Crippen molar-refractivity contribution in [2.24, 2.45) is 11.1 Å². The molecule has 2 rings (SSSR count). The van der Waals surface area contributed by atoms with E-state index in [4.69, 9.17) is 5.73 Å². The molecule has 2 atom stereocenters. The Morgan fingerprint density at radius 2 is 2.43 bits per heavy atom. The molecular formula is C10H13BrN2O. The molecule has 0 bridgehead atoms. The Kier molecular flexibility index (Phi) is 2.60. The Morgan fingerprint density at radius 3 is 2.93 bits per heavy atom. The molecule has 4 heteroatoms. The molecule has 3 N–H and O–H groups in total. The Labute approximate surface area is 91.5 Å². The van der Waals surface area contributed by atoms with Crippen molar-refractivity contribution in [1.82, 2.24) is 4.98 Å². The van der Waals surface area contributed by atoms with Gasteiger partial charge in [0.15, 0.2) is 0 Å². The summed E-state index contributed by atoms with van der Waals surface area (Å²) in [6.45, 7) is 0.710. The first kappa shape index (κ1) is 10.1. The van der Waals surface area contributed by atoms with Gasteiger partial charge in [-0.15, -0.1) is 0 Å². The van der Waals surface area contributed by atoms with Crippen LogP contribution in [0, 0.1) is 5.41 Å². The van der Waals surface area contributed by atoms with Crippen LogP contribution in [0.1, 0.15) is 17.9 Å². The number of nitrogens with two attached hydrogens (primary N) is 1. The summed E-state index contributed by atoms with van der Waals surface area (Å²) in [6.07, 6.45) is 4.58. The molecule has 0 aromatic carbocycles. The quantitative estimate of drug-likeness (QED) is 0.857. The van der Waals surface area contributed by atoms with Gasteiger partial charge in [-0.25, -0.2) is 0 Å². The highest BCUT2D eigenvalue weighted by Crippen LogP contribution is 2.58. The van der Waals surface area contributed by atoms with Gasteiger partial charge < -0.3 is 10.8 Å². The molecule has 1 saturated carbocycles. The Hall–Kier alpha value is -0.450. The van der Waals surface area contributed by atoms with Crippen molar-refractivity contribution >= 4 is 15.9 Å². The van der Waals surface area contributed by atoms with Crippen LogP contribution in [0.2, 0.25) is 0 Å². The van der Waals surface area contributed by atoms with Crippen LogP contribution in [-0.4, -0.2) is 23.2 Å². The van der Waals surface area contributed by atoms with Gasteiger partial charge in [-0.3, -0.25) is 4.98 Å². The number of aliphatic hydroxyl groups excluding tert-OH is 1. The van der Waals surface area contributed by atoms with Crippen molar-refractivity contribution < 1.29 is 5.11 Å². The Balaban J connectivity index is 2.19. The molecule has 2 unspecified atom stereocenters. The third-order valence-electron chi connectivity index (χ3n) is 3.04. The number of rotatable bonds is 3. The maximum atomic E-state index is 9.25. The van der Waals surface area contributed by atoms with E-state index in [0.717, 1.165) is 10.9 Å². The minimum atomic E-state index is -0.0809. The number of aromatic nitrogens is 1. The monoisotopic (exact) mass is 256 g/mol. The zero-order chi connectivity index (χ0) is 10.2. The highest BCUT2D eigenvalue weighted by molar-refractivity contribution is 9.10. The van der Waals surface area contributed by atoms with Gasteiger partial charge in [0.05, 0.1) is 6.61 Å². The summed E-state index contributed by atoms with van der Waals surface area (Å²) in [5.74, 6) is 0.377. The summed E-state index contributed by atoms with van der Waals surface area (Å²) in [7, 11) is 0. The summed E-state index contributed by atoms with van der Waals surface area (Å²) in [5.41, 5.74) is 6.74. The van der Waals surface area contributed by atoms with E-state index in [1.165, 1.54) is 5.56 Å². The molecule has 1 aliphatic rings. The van der Waals surface area contributed by atoms with Crippen molar-refractivity contribution in [2.45, 2.75) is 12.3 Å². The van der Waals surface area contributed by atoms with Crippen LogP contribution in [0.5, 0.6) is 0 Å². The topological polar surface area (TPSA) is 59.1 Å². The van der Waals surface area contributed by atoms with Crippen LogP contribution >= 0.6 is 15.9 Å². The zero-order valence-corrected chi connectivity index (χ0v) is 9.37. The molecule has 0 spiro atoms. The van der Waals surface area contributed by atoms with Crippen LogP contribution in [0.15, 0.2) is 22.9 Å². The van der Waals surface area contributed by atoms with Crippen molar-refractivity contribution in [1.29, 1.82) is 0 Å².